The van der Waals surface area contributed by atoms with Gasteiger partial charge >= 0.3 is 0 Å². The zero-order chi connectivity index (χ0) is 15.0. The SMILES string of the molecule is COc1ccccc1C(C)NCCC(=O)NCC(C)C. The number of hydrogen-bond donors (Lipinski definition) is 2. The number of para-hydroxylation sites is 1. The zero-order valence-corrected chi connectivity index (χ0v) is 12.9. The van der Waals surface area contributed by atoms with E-state index in [4.69, 9.17) is 4.74 Å². The average molecular weight is 278 g/mol. The van der Waals surface area contributed by atoms with Crippen molar-refractivity contribution in [2.45, 2.75) is 33.2 Å². The molecule has 1 aromatic rings. The Bertz CT molecular complexity index is 419. The molecule has 20 heavy (non-hydrogen) atoms. The number of ether oxygens (including phenoxy) is 1. The van der Waals surface area contributed by atoms with E-state index in [0.29, 0.717) is 18.9 Å². The van der Waals surface area contributed by atoms with Gasteiger partial charge in [0.1, 0.15) is 5.75 Å². The lowest BCUT2D eigenvalue weighted by atomic mass is 10.1. The molecule has 0 heterocycles. The summed E-state index contributed by atoms with van der Waals surface area (Å²) < 4.78 is 5.34. The molecule has 1 amide bonds. The molecular weight excluding hydrogens is 252 g/mol. The van der Waals surface area contributed by atoms with Crippen molar-refractivity contribution in [2.24, 2.45) is 5.92 Å². The fraction of sp³-hybridized carbons (Fsp3) is 0.562. The first-order chi connectivity index (χ1) is 9.54. The van der Waals surface area contributed by atoms with Gasteiger partial charge in [-0.2, -0.15) is 0 Å². The maximum Gasteiger partial charge on any atom is 0.221 e. The summed E-state index contributed by atoms with van der Waals surface area (Å²) in [6.45, 7) is 7.64. The molecule has 1 aromatic carbocycles. The quantitative estimate of drug-likeness (QED) is 0.768. The molecule has 112 valence electrons. The predicted molar refractivity (Wildman–Crippen MR) is 81.9 cm³/mol. The summed E-state index contributed by atoms with van der Waals surface area (Å²) in [6, 6.07) is 8.09. The molecule has 4 heteroatoms. The third-order valence-corrected chi connectivity index (χ3v) is 3.12. The van der Waals surface area contributed by atoms with Gasteiger partial charge in [-0.05, 0) is 18.9 Å². The Morgan fingerprint density at radius 2 is 1.95 bits per heavy atom. The Morgan fingerprint density at radius 1 is 1.25 bits per heavy atom. The summed E-state index contributed by atoms with van der Waals surface area (Å²) in [5, 5.41) is 6.27. The highest BCUT2D eigenvalue weighted by Crippen LogP contribution is 2.23. The Morgan fingerprint density at radius 3 is 2.60 bits per heavy atom. The summed E-state index contributed by atoms with van der Waals surface area (Å²) >= 11 is 0. The highest BCUT2D eigenvalue weighted by molar-refractivity contribution is 5.76. The largest absolute Gasteiger partial charge is 0.496 e. The van der Waals surface area contributed by atoms with Crippen LogP contribution in [0.15, 0.2) is 24.3 Å². The molecule has 1 rings (SSSR count). The van der Waals surface area contributed by atoms with Crippen molar-refractivity contribution < 1.29 is 9.53 Å². The van der Waals surface area contributed by atoms with Gasteiger partial charge in [-0.15, -0.1) is 0 Å². The van der Waals surface area contributed by atoms with E-state index in [0.717, 1.165) is 17.9 Å². The summed E-state index contributed by atoms with van der Waals surface area (Å²) in [5.74, 6) is 1.45. The van der Waals surface area contributed by atoms with E-state index in [1.165, 1.54) is 0 Å². The summed E-state index contributed by atoms with van der Waals surface area (Å²) in [4.78, 5) is 11.6. The van der Waals surface area contributed by atoms with E-state index >= 15 is 0 Å². The van der Waals surface area contributed by atoms with E-state index in [9.17, 15) is 4.79 Å². The van der Waals surface area contributed by atoms with Crippen LogP contribution >= 0.6 is 0 Å². The van der Waals surface area contributed by atoms with Gasteiger partial charge in [-0.25, -0.2) is 0 Å². The minimum absolute atomic E-state index is 0.0958. The molecule has 1 unspecified atom stereocenters. The number of hydrogen-bond acceptors (Lipinski definition) is 3. The molecular formula is C16H26N2O2. The highest BCUT2D eigenvalue weighted by Gasteiger charge is 2.10. The molecule has 0 aromatic heterocycles. The van der Waals surface area contributed by atoms with Crippen molar-refractivity contribution in [1.29, 1.82) is 0 Å². The van der Waals surface area contributed by atoms with Crippen molar-refractivity contribution in [3.63, 3.8) is 0 Å². The Hall–Kier alpha value is -1.55. The van der Waals surface area contributed by atoms with Gasteiger partial charge in [-0.3, -0.25) is 4.79 Å². The first-order valence-corrected chi connectivity index (χ1v) is 7.17. The Balaban J connectivity index is 2.36. The molecule has 4 nitrogen and oxygen atoms in total. The molecule has 2 N–H and O–H groups in total. The molecule has 0 bridgehead atoms. The van der Waals surface area contributed by atoms with Gasteiger partial charge in [0.25, 0.3) is 0 Å². The van der Waals surface area contributed by atoms with E-state index in [2.05, 4.69) is 31.4 Å². The second-order valence-corrected chi connectivity index (χ2v) is 5.37. The Kier molecular flexibility index (Phi) is 7.09. The first-order valence-electron chi connectivity index (χ1n) is 7.17. The monoisotopic (exact) mass is 278 g/mol. The maximum atomic E-state index is 11.6. The number of carbonyl (C=O) groups is 1. The normalized spacial score (nSPS) is 12.2. The van der Waals surface area contributed by atoms with E-state index in [-0.39, 0.29) is 11.9 Å². The van der Waals surface area contributed by atoms with Gasteiger partial charge < -0.3 is 15.4 Å². The summed E-state index contributed by atoms with van der Waals surface area (Å²) in [6.07, 6.45) is 0.492. The van der Waals surface area contributed by atoms with Crippen LogP contribution in [0.3, 0.4) is 0 Å². The zero-order valence-electron chi connectivity index (χ0n) is 12.9. The van der Waals surface area contributed by atoms with Crippen molar-refractivity contribution in [2.75, 3.05) is 20.2 Å². The Labute approximate surface area is 121 Å². The fourth-order valence-electron chi connectivity index (χ4n) is 1.94. The van der Waals surface area contributed by atoms with E-state index in [1.54, 1.807) is 7.11 Å². The third kappa shape index (κ3) is 5.61. The second kappa shape index (κ2) is 8.59. The number of methoxy groups -OCH3 is 1. The molecule has 1 atom stereocenters. The molecule has 0 aliphatic heterocycles. The van der Waals surface area contributed by atoms with Crippen LogP contribution in [0.25, 0.3) is 0 Å². The van der Waals surface area contributed by atoms with Crippen molar-refractivity contribution in [1.82, 2.24) is 10.6 Å². The number of benzene rings is 1. The van der Waals surface area contributed by atoms with Crippen molar-refractivity contribution in [3.8, 4) is 5.75 Å². The van der Waals surface area contributed by atoms with Gasteiger partial charge in [-0.1, -0.05) is 32.0 Å². The minimum Gasteiger partial charge on any atom is -0.496 e. The molecule has 0 spiro atoms. The first kappa shape index (κ1) is 16.5. The lowest BCUT2D eigenvalue weighted by Gasteiger charge is -2.17. The highest BCUT2D eigenvalue weighted by atomic mass is 16.5. The van der Waals surface area contributed by atoms with Crippen LogP contribution in [0.1, 0.15) is 38.8 Å². The number of amides is 1. The van der Waals surface area contributed by atoms with Crippen molar-refractivity contribution >= 4 is 5.91 Å². The maximum absolute atomic E-state index is 11.6. The average Bonchev–Trinajstić information content (AvgIpc) is 2.44. The molecule has 0 fully saturated rings. The number of nitrogens with one attached hydrogen (secondary N) is 2. The molecule has 0 saturated carbocycles. The summed E-state index contributed by atoms with van der Waals surface area (Å²) in [7, 11) is 1.67. The number of rotatable bonds is 8. The van der Waals surface area contributed by atoms with Gasteiger partial charge in [0.05, 0.1) is 7.11 Å². The molecule has 0 aliphatic carbocycles. The van der Waals surface area contributed by atoms with Crippen LogP contribution < -0.4 is 15.4 Å². The van der Waals surface area contributed by atoms with Crippen LogP contribution in [-0.2, 0) is 4.79 Å². The topological polar surface area (TPSA) is 50.4 Å². The molecule has 0 aliphatic rings. The van der Waals surface area contributed by atoms with Crippen LogP contribution in [0.5, 0.6) is 5.75 Å². The van der Waals surface area contributed by atoms with Crippen LogP contribution in [-0.4, -0.2) is 26.1 Å². The molecule has 0 radical (unpaired) electrons. The van der Waals surface area contributed by atoms with Crippen LogP contribution in [0.2, 0.25) is 0 Å². The second-order valence-electron chi connectivity index (χ2n) is 5.37. The minimum atomic E-state index is 0.0958. The predicted octanol–water partition coefficient (Wildman–Crippen LogP) is 2.51. The smallest absolute Gasteiger partial charge is 0.221 e. The van der Waals surface area contributed by atoms with Gasteiger partial charge in [0.15, 0.2) is 0 Å². The third-order valence-electron chi connectivity index (χ3n) is 3.12. The van der Waals surface area contributed by atoms with E-state index in [1.807, 2.05) is 24.3 Å². The van der Waals surface area contributed by atoms with E-state index < -0.39 is 0 Å². The number of carbonyl (C=O) groups excluding carboxylic acids is 1. The van der Waals surface area contributed by atoms with Gasteiger partial charge in [0.2, 0.25) is 5.91 Å². The standard InChI is InChI=1S/C16H26N2O2/c1-12(2)11-18-16(19)9-10-17-13(3)14-7-5-6-8-15(14)20-4/h5-8,12-13,17H,9-11H2,1-4H3,(H,18,19). The fourth-order valence-corrected chi connectivity index (χ4v) is 1.94. The lowest BCUT2D eigenvalue weighted by molar-refractivity contribution is -0.121. The van der Waals surface area contributed by atoms with Gasteiger partial charge in [0, 0.05) is 31.1 Å². The van der Waals surface area contributed by atoms with Crippen LogP contribution in [0, 0.1) is 5.92 Å². The van der Waals surface area contributed by atoms with Crippen LogP contribution in [0.4, 0.5) is 0 Å². The lowest BCUT2D eigenvalue weighted by Crippen LogP contribution is -2.31. The summed E-state index contributed by atoms with van der Waals surface area (Å²) in [5.41, 5.74) is 1.11. The van der Waals surface area contributed by atoms with Crippen molar-refractivity contribution in [3.05, 3.63) is 29.8 Å². The molecule has 0 saturated heterocycles.